The summed E-state index contributed by atoms with van der Waals surface area (Å²) in [6, 6.07) is 0. The number of H-pyrrole nitrogens is 1. The molecule has 5 aliphatic carbocycles. The van der Waals surface area contributed by atoms with Gasteiger partial charge in [-0.05, 0) is 86.4 Å². The molecule has 5 saturated carbocycles. The number of carbonyl (C=O) groups is 1. The number of hydrogen-bond donors (Lipinski definition) is 2. The summed E-state index contributed by atoms with van der Waals surface area (Å²) in [6.45, 7) is 2.37. The van der Waals surface area contributed by atoms with Crippen molar-refractivity contribution in [2.45, 2.75) is 76.5 Å². The van der Waals surface area contributed by atoms with E-state index in [-0.39, 0.29) is 17.3 Å². The molecule has 0 aromatic carbocycles. The van der Waals surface area contributed by atoms with E-state index in [0.717, 1.165) is 38.5 Å². The molecule has 29 heavy (non-hydrogen) atoms. The number of halogens is 1. The first-order valence-corrected chi connectivity index (χ1v) is 11.7. The maximum atomic E-state index is 14.3. The zero-order valence-electron chi connectivity index (χ0n) is 17.2. The SMILES string of the molecule is CC12CCC3C4CCC5(O)C(F)C5C4CCC3C1CCC2C(=O)Cc1ncn[nH]1. The van der Waals surface area contributed by atoms with Crippen LogP contribution < -0.4 is 0 Å². The number of carbonyl (C=O) groups excluding carboxylic acids is 1. The van der Waals surface area contributed by atoms with Crippen molar-refractivity contribution in [1.29, 1.82) is 0 Å². The first-order chi connectivity index (χ1) is 13.9. The molecule has 5 aliphatic rings. The molecule has 0 aliphatic heterocycles. The molecule has 5 nitrogen and oxygen atoms in total. The van der Waals surface area contributed by atoms with Crippen molar-refractivity contribution >= 4 is 5.78 Å². The summed E-state index contributed by atoms with van der Waals surface area (Å²) in [6.07, 6.45) is 9.18. The van der Waals surface area contributed by atoms with Crippen LogP contribution in [0.4, 0.5) is 4.39 Å². The minimum absolute atomic E-state index is 0.0877. The number of nitrogens with one attached hydrogen (secondary N) is 1. The highest BCUT2D eigenvalue weighted by Gasteiger charge is 2.72. The van der Waals surface area contributed by atoms with Gasteiger partial charge in [0.25, 0.3) is 0 Å². The van der Waals surface area contributed by atoms with Gasteiger partial charge in [0, 0.05) is 11.8 Å². The van der Waals surface area contributed by atoms with E-state index < -0.39 is 11.8 Å². The molecule has 1 aromatic heterocycles. The van der Waals surface area contributed by atoms with Crippen LogP contribution in [0.2, 0.25) is 0 Å². The minimum Gasteiger partial charge on any atom is -0.386 e. The van der Waals surface area contributed by atoms with E-state index in [2.05, 4.69) is 22.1 Å². The number of aliphatic hydroxyl groups is 1. The van der Waals surface area contributed by atoms with E-state index >= 15 is 0 Å². The van der Waals surface area contributed by atoms with Gasteiger partial charge in [-0.1, -0.05) is 6.92 Å². The van der Waals surface area contributed by atoms with E-state index in [9.17, 15) is 14.3 Å². The predicted octanol–water partition coefficient (Wildman–Crippen LogP) is 3.49. The van der Waals surface area contributed by atoms with E-state index in [4.69, 9.17) is 0 Å². The average Bonchev–Trinajstić information content (AvgIpc) is 3.08. The Morgan fingerprint density at radius 3 is 2.69 bits per heavy atom. The molecule has 1 heterocycles. The van der Waals surface area contributed by atoms with Crippen LogP contribution in [0.3, 0.4) is 0 Å². The summed E-state index contributed by atoms with van der Waals surface area (Å²) < 4.78 is 14.3. The largest absolute Gasteiger partial charge is 0.386 e. The number of Topliss-reactive ketones (excluding diaryl/α,β-unsaturated/α-hetero) is 1. The Bertz CT molecular complexity index is 815. The highest BCUT2D eigenvalue weighted by molar-refractivity contribution is 5.83. The summed E-state index contributed by atoms with van der Waals surface area (Å²) in [4.78, 5) is 17.3. The molecule has 0 saturated heterocycles. The molecule has 5 fully saturated rings. The number of fused-ring (bicyclic) bond motifs is 7. The first kappa shape index (κ1) is 18.5. The summed E-state index contributed by atoms with van der Waals surface area (Å²) in [5, 5.41) is 17.2. The van der Waals surface area contributed by atoms with Gasteiger partial charge in [0.15, 0.2) is 0 Å². The van der Waals surface area contributed by atoms with Crippen molar-refractivity contribution in [1.82, 2.24) is 15.2 Å². The molecule has 0 radical (unpaired) electrons. The number of aromatic nitrogens is 3. The summed E-state index contributed by atoms with van der Waals surface area (Å²) >= 11 is 0. The normalized spacial score (nSPS) is 52.8. The highest BCUT2D eigenvalue weighted by Crippen LogP contribution is 2.69. The Morgan fingerprint density at radius 1 is 1.14 bits per heavy atom. The molecule has 0 bridgehead atoms. The Morgan fingerprint density at radius 2 is 1.90 bits per heavy atom. The third-order valence-corrected chi connectivity index (χ3v) is 10.2. The standard InChI is InChI=1S/C23H32FN3O2/c1-22-8-6-12-13-7-9-23(29)20(21(23)24)15(13)3-2-14(12)16(22)4-5-17(22)18(28)10-19-25-11-26-27-19/h11-17,20-21,29H,2-10H2,1H3,(H,25,26,27). The second-order valence-electron chi connectivity index (χ2n) is 11.0. The Balaban J connectivity index is 1.21. The van der Waals surface area contributed by atoms with Gasteiger partial charge < -0.3 is 5.11 Å². The number of hydrogen-bond acceptors (Lipinski definition) is 4. The van der Waals surface area contributed by atoms with Crippen molar-refractivity contribution in [3.63, 3.8) is 0 Å². The number of nitrogens with zero attached hydrogens (tertiary/aromatic N) is 2. The van der Waals surface area contributed by atoms with Crippen LogP contribution in [-0.2, 0) is 11.2 Å². The zero-order valence-corrected chi connectivity index (χ0v) is 17.2. The fourth-order valence-electron chi connectivity index (χ4n) is 8.89. The average molecular weight is 402 g/mol. The summed E-state index contributed by atoms with van der Waals surface area (Å²) in [5.74, 6) is 3.99. The Hall–Kier alpha value is -1.30. The summed E-state index contributed by atoms with van der Waals surface area (Å²) in [7, 11) is 0. The fraction of sp³-hybridized carbons (Fsp3) is 0.870. The molecule has 0 amide bonds. The van der Waals surface area contributed by atoms with Crippen molar-refractivity contribution in [3.8, 4) is 0 Å². The first-order valence-electron chi connectivity index (χ1n) is 11.7. The Labute approximate surface area is 171 Å². The van der Waals surface area contributed by atoms with Crippen LogP contribution in [0.25, 0.3) is 0 Å². The van der Waals surface area contributed by atoms with Crippen LogP contribution in [0.1, 0.15) is 64.1 Å². The lowest BCUT2D eigenvalue weighted by atomic mass is 9.49. The number of rotatable bonds is 3. The van der Waals surface area contributed by atoms with Crippen LogP contribution in [0, 0.1) is 46.8 Å². The molecular formula is C23H32FN3O2. The molecular weight excluding hydrogens is 369 g/mol. The predicted molar refractivity (Wildman–Crippen MR) is 104 cm³/mol. The van der Waals surface area contributed by atoms with Crippen molar-refractivity contribution in [2.75, 3.05) is 0 Å². The van der Waals surface area contributed by atoms with E-state index in [1.54, 1.807) is 0 Å². The topological polar surface area (TPSA) is 78.9 Å². The minimum atomic E-state index is -0.983. The molecule has 10 atom stereocenters. The molecule has 0 spiro atoms. The summed E-state index contributed by atoms with van der Waals surface area (Å²) in [5.41, 5.74) is -0.883. The van der Waals surface area contributed by atoms with Gasteiger partial charge >= 0.3 is 0 Å². The third kappa shape index (κ3) is 2.44. The highest BCUT2D eigenvalue weighted by atomic mass is 19.1. The number of ketones is 1. The lowest BCUT2D eigenvalue weighted by molar-refractivity contribution is -0.130. The number of aromatic amines is 1. The van der Waals surface area contributed by atoms with Crippen LogP contribution in [0.5, 0.6) is 0 Å². The maximum Gasteiger partial charge on any atom is 0.144 e. The van der Waals surface area contributed by atoms with Crippen LogP contribution in [-0.4, -0.2) is 37.8 Å². The van der Waals surface area contributed by atoms with Crippen molar-refractivity contribution in [3.05, 3.63) is 12.2 Å². The molecule has 6 rings (SSSR count). The van der Waals surface area contributed by atoms with Crippen molar-refractivity contribution in [2.24, 2.45) is 46.8 Å². The van der Waals surface area contributed by atoms with Crippen LogP contribution >= 0.6 is 0 Å². The monoisotopic (exact) mass is 401 g/mol. The molecule has 158 valence electrons. The fourth-order valence-corrected chi connectivity index (χ4v) is 8.89. The lowest BCUT2D eigenvalue weighted by Gasteiger charge is -2.55. The maximum absolute atomic E-state index is 14.3. The van der Waals surface area contributed by atoms with Crippen molar-refractivity contribution < 1.29 is 14.3 Å². The quantitative estimate of drug-likeness (QED) is 0.813. The van der Waals surface area contributed by atoms with Gasteiger partial charge in [0.05, 0.1) is 6.42 Å². The van der Waals surface area contributed by atoms with Gasteiger partial charge in [0.1, 0.15) is 29.7 Å². The van der Waals surface area contributed by atoms with E-state index in [1.165, 1.54) is 12.7 Å². The second kappa shape index (κ2) is 6.12. The zero-order chi connectivity index (χ0) is 20.0. The smallest absolute Gasteiger partial charge is 0.144 e. The Kier molecular flexibility index (Phi) is 3.89. The van der Waals surface area contributed by atoms with Gasteiger partial charge in [-0.25, -0.2) is 9.37 Å². The van der Waals surface area contributed by atoms with Crippen LogP contribution in [0.15, 0.2) is 6.33 Å². The molecule has 2 N–H and O–H groups in total. The van der Waals surface area contributed by atoms with Gasteiger partial charge in [0.2, 0.25) is 0 Å². The second-order valence-corrected chi connectivity index (χ2v) is 11.0. The molecule has 1 aromatic rings. The van der Waals surface area contributed by atoms with Gasteiger partial charge in [-0.3, -0.25) is 9.89 Å². The van der Waals surface area contributed by atoms with Gasteiger partial charge in [-0.15, -0.1) is 0 Å². The van der Waals surface area contributed by atoms with E-state index in [0.29, 0.717) is 54.0 Å². The third-order valence-electron chi connectivity index (χ3n) is 10.2. The lowest BCUT2D eigenvalue weighted by Crippen LogP contribution is -2.50. The molecule has 6 heteroatoms. The number of alkyl halides is 1. The van der Waals surface area contributed by atoms with E-state index in [1.807, 2.05) is 0 Å². The molecule has 10 unspecified atom stereocenters. The van der Waals surface area contributed by atoms with Gasteiger partial charge in [-0.2, -0.15) is 5.10 Å².